The van der Waals surface area contributed by atoms with Gasteiger partial charge in [0.25, 0.3) is 0 Å². The predicted octanol–water partition coefficient (Wildman–Crippen LogP) is 2.04. The van der Waals surface area contributed by atoms with Crippen LogP contribution < -0.4 is 10.6 Å². The number of para-hydroxylation sites is 1. The fraction of sp³-hybridized carbons (Fsp3) is 0.235. The Morgan fingerprint density at radius 2 is 2.00 bits per heavy atom. The molecule has 0 aliphatic heterocycles. The van der Waals surface area contributed by atoms with Gasteiger partial charge in [0.15, 0.2) is 0 Å². The molecule has 2 heterocycles. The summed E-state index contributed by atoms with van der Waals surface area (Å²) in [6.45, 7) is 3.04. The number of benzene rings is 1. The van der Waals surface area contributed by atoms with Crippen LogP contribution in [-0.4, -0.2) is 34.2 Å². The fourth-order valence-corrected chi connectivity index (χ4v) is 2.40. The molecule has 0 aliphatic carbocycles. The van der Waals surface area contributed by atoms with Crippen molar-refractivity contribution in [3.05, 3.63) is 53.9 Å². The van der Waals surface area contributed by atoms with E-state index in [1.807, 2.05) is 49.5 Å². The summed E-state index contributed by atoms with van der Waals surface area (Å²) in [4.78, 5) is 15.2. The second kappa shape index (κ2) is 6.91. The second-order valence-electron chi connectivity index (χ2n) is 5.37. The lowest BCUT2D eigenvalue weighted by molar-refractivity contribution is -0.120. The summed E-state index contributed by atoms with van der Waals surface area (Å²) < 4.78 is 0. The quantitative estimate of drug-likeness (QED) is 0.609. The molecule has 0 fully saturated rings. The first-order valence-corrected chi connectivity index (χ1v) is 7.58. The second-order valence-corrected chi connectivity index (χ2v) is 5.37. The van der Waals surface area contributed by atoms with E-state index in [0.29, 0.717) is 25.3 Å². The minimum Gasteiger partial charge on any atom is -0.367 e. The van der Waals surface area contributed by atoms with Gasteiger partial charge in [-0.1, -0.05) is 18.2 Å². The molecule has 23 heavy (non-hydrogen) atoms. The summed E-state index contributed by atoms with van der Waals surface area (Å²) in [5.41, 5.74) is 2.94. The molecule has 3 rings (SSSR count). The number of carbonyl (C=O) groups is 1. The standard InChI is InChI=1S/C17H19N5O/c1-12-6-7-16(22-21-12)18-8-9-19-17(23)10-13-11-20-15-5-3-2-4-14(13)15/h2-7,11,20H,8-10H2,1H3,(H,18,22)(H,19,23). The summed E-state index contributed by atoms with van der Waals surface area (Å²) in [7, 11) is 0. The SMILES string of the molecule is Cc1ccc(NCCNC(=O)Cc2c[nH]c3ccccc23)nn1. The van der Waals surface area contributed by atoms with Crippen molar-refractivity contribution in [3.8, 4) is 0 Å². The van der Waals surface area contributed by atoms with E-state index in [9.17, 15) is 4.79 Å². The van der Waals surface area contributed by atoms with Crippen molar-refractivity contribution >= 4 is 22.6 Å². The molecule has 2 aromatic heterocycles. The molecule has 0 bridgehead atoms. The van der Waals surface area contributed by atoms with Crippen LogP contribution >= 0.6 is 0 Å². The van der Waals surface area contributed by atoms with Crippen LogP contribution in [0.4, 0.5) is 5.82 Å². The van der Waals surface area contributed by atoms with E-state index in [0.717, 1.165) is 22.2 Å². The van der Waals surface area contributed by atoms with E-state index in [-0.39, 0.29) is 5.91 Å². The molecular formula is C17H19N5O. The Bertz CT molecular complexity index is 794. The van der Waals surface area contributed by atoms with E-state index in [4.69, 9.17) is 0 Å². The first-order chi connectivity index (χ1) is 11.2. The van der Waals surface area contributed by atoms with E-state index in [2.05, 4.69) is 25.8 Å². The van der Waals surface area contributed by atoms with Gasteiger partial charge >= 0.3 is 0 Å². The van der Waals surface area contributed by atoms with Gasteiger partial charge in [-0.2, -0.15) is 5.10 Å². The minimum atomic E-state index is 0.00606. The number of amides is 1. The lowest BCUT2D eigenvalue weighted by Crippen LogP contribution is -2.30. The molecule has 6 nitrogen and oxygen atoms in total. The van der Waals surface area contributed by atoms with E-state index < -0.39 is 0 Å². The molecule has 0 saturated carbocycles. The molecule has 3 aromatic rings. The third-order valence-corrected chi connectivity index (χ3v) is 3.58. The Morgan fingerprint density at radius 3 is 2.83 bits per heavy atom. The van der Waals surface area contributed by atoms with Crippen molar-refractivity contribution < 1.29 is 4.79 Å². The molecule has 6 heteroatoms. The van der Waals surface area contributed by atoms with Crippen LogP contribution in [0.1, 0.15) is 11.3 Å². The Hall–Kier alpha value is -2.89. The summed E-state index contributed by atoms with van der Waals surface area (Å²) >= 11 is 0. The summed E-state index contributed by atoms with van der Waals surface area (Å²) in [5, 5.41) is 15.1. The zero-order valence-corrected chi connectivity index (χ0v) is 13.0. The lowest BCUT2D eigenvalue weighted by atomic mass is 10.1. The molecule has 0 atom stereocenters. The number of fused-ring (bicyclic) bond motifs is 1. The average Bonchev–Trinajstić information content (AvgIpc) is 2.96. The maximum absolute atomic E-state index is 12.0. The number of H-pyrrole nitrogens is 1. The predicted molar refractivity (Wildman–Crippen MR) is 90.3 cm³/mol. The molecule has 1 amide bonds. The third-order valence-electron chi connectivity index (χ3n) is 3.58. The highest BCUT2D eigenvalue weighted by Crippen LogP contribution is 2.17. The number of aromatic nitrogens is 3. The minimum absolute atomic E-state index is 0.00606. The van der Waals surface area contributed by atoms with Crippen LogP contribution in [0, 0.1) is 6.92 Å². The highest BCUT2D eigenvalue weighted by molar-refractivity contribution is 5.88. The number of aromatic amines is 1. The summed E-state index contributed by atoms with van der Waals surface area (Å²) in [5.74, 6) is 0.716. The maximum Gasteiger partial charge on any atom is 0.224 e. The molecule has 0 unspecified atom stereocenters. The van der Waals surface area contributed by atoms with Crippen LogP contribution in [-0.2, 0) is 11.2 Å². The Balaban J connectivity index is 1.45. The van der Waals surface area contributed by atoms with Crippen molar-refractivity contribution in [3.63, 3.8) is 0 Å². The zero-order chi connectivity index (χ0) is 16.1. The van der Waals surface area contributed by atoms with Gasteiger partial charge in [0.05, 0.1) is 12.1 Å². The molecule has 0 radical (unpaired) electrons. The van der Waals surface area contributed by atoms with Crippen LogP contribution in [0.2, 0.25) is 0 Å². The number of nitrogens with one attached hydrogen (secondary N) is 3. The normalized spacial score (nSPS) is 10.7. The number of hydrogen-bond donors (Lipinski definition) is 3. The Kier molecular flexibility index (Phi) is 4.52. The lowest BCUT2D eigenvalue weighted by Gasteiger charge is -2.07. The zero-order valence-electron chi connectivity index (χ0n) is 13.0. The Morgan fingerprint density at radius 1 is 1.13 bits per heavy atom. The van der Waals surface area contributed by atoms with Gasteiger partial charge < -0.3 is 15.6 Å². The van der Waals surface area contributed by atoms with Crippen molar-refractivity contribution in [1.29, 1.82) is 0 Å². The molecular weight excluding hydrogens is 290 g/mol. The van der Waals surface area contributed by atoms with Crippen molar-refractivity contribution in [2.24, 2.45) is 0 Å². The van der Waals surface area contributed by atoms with E-state index in [1.54, 1.807) is 0 Å². The smallest absolute Gasteiger partial charge is 0.224 e. The van der Waals surface area contributed by atoms with Gasteiger partial charge in [0.2, 0.25) is 5.91 Å². The van der Waals surface area contributed by atoms with E-state index >= 15 is 0 Å². The maximum atomic E-state index is 12.0. The number of hydrogen-bond acceptors (Lipinski definition) is 4. The van der Waals surface area contributed by atoms with Crippen LogP contribution in [0.25, 0.3) is 10.9 Å². The first kappa shape index (κ1) is 15.0. The number of nitrogens with zero attached hydrogens (tertiary/aromatic N) is 2. The summed E-state index contributed by atoms with van der Waals surface area (Å²) in [6, 6.07) is 11.7. The Labute approximate surface area is 134 Å². The number of aryl methyl sites for hydroxylation is 1. The van der Waals surface area contributed by atoms with Gasteiger partial charge in [-0.05, 0) is 30.7 Å². The van der Waals surface area contributed by atoms with Gasteiger partial charge in [-0.25, -0.2) is 0 Å². The van der Waals surface area contributed by atoms with Crippen molar-refractivity contribution in [2.75, 3.05) is 18.4 Å². The number of rotatable bonds is 6. The van der Waals surface area contributed by atoms with Gasteiger partial charge in [-0.3, -0.25) is 4.79 Å². The van der Waals surface area contributed by atoms with Gasteiger partial charge in [-0.15, -0.1) is 5.10 Å². The molecule has 0 spiro atoms. The third kappa shape index (κ3) is 3.85. The van der Waals surface area contributed by atoms with Crippen LogP contribution in [0.3, 0.4) is 0 Å². The van der Waals surface area contributed by atoms with Crippen molar-refractivity contribution in [1.82, 2.24) is 20.5 Å². The molecule has 0 saturated heterocycles. The topological polar surface area (TPSA) is 82.7 Å². The van der Waals surface area contributed by atoms with Crippen LogP contribution in [0.15, 0.2) is 42.6 Å². The van der Waals surface area contributed by atoms with Crippen LogP contribution in [0.5, 0.6) is 0 Å². The molecule has 3 N–H and O–H groups in total. The molecule has 0 aliphatic rings. The molecule has 1 aromatic carbocycles. The molecule has 118 valence electrons. The van der Waals surface area contributed by atoms with Gasteiger partial charge in [0, 0.05) is 30.2 Å². The highest BCUT2D eigenvalue weighted by atomic mass is 16.1. The first-order valence-electron chi connectivity index (χ1n) is 7.58. The summed E-state index contributed by atoms with van der Waals surface area (Å²) in [6.07, 6.45) is 2.26. The number of carbonyl (C=O) groups excluding carboxylic acids is 1. The average molecular weight is 309 g/mol. The van der Waals surface area contributed by atoms with Gasteiger partial charge in [0.1, 0.15) is 5.82 Å². The van der Waals surface area contributed by atoms with E-state index in [1.165, 1.54) is 0 Å². The largest absolute Gasteiger partial charge is 0.367 e. The fourth-order valence-electron chi connectivity index (χ4n) is 2.40. The monoisotopic (exact) mass is 309 g/mol. The highest BCUT2D eigenvalue weighted by Gasteiger charge is 2.07. The number of anilines is 1. The van der Waals surface area contributed by atoms with Crippen molar-refractivity contribution in [2.45, 2.75) is 13.3 Å².